The van der Waals surface area contributed by atoms with Crippen molar-refractivity contribution in [2.24, 2.45) is 7.05 Å². The maximum atomic E-state index is 11.8. The van der Waals surface area contributed by atoms with E-state index in [9.17, 15) is 4.21 Å². The van der Waals surface area contributed by atoms with Crippen LogP contribution < -0.4 is 5.32 Å². The van der Waals surface area contributed by atoms with Gasteiger partial charge in [-0.15, -0.1) is 0 Å². The molecule has 0 saturated carbocycles. The zero-order valence-electron chi connectivity index (χ0n) is 21.3. The van der Waals surface area contributed by atoms with E-state index in [1.54, 1.807) is 4.68 Å². The Labute approximate surface area is 224 Å². The van der Waals surface area contributed by atoms with Gasteiger partial charge in [-0.2, -0.15) is 5.10 Å². The molecule has 184 valence electrons. The summed E-state index contributed by atoms with van der Waals surface area (Å²) in [5, 5.41) is 6.87. The SMILES string of the molecule is [B]C([B])([B])Nc1ccc(-c2ccc3c(CCN(C)C4CCS(=O)CC4)cn(-c4cnn(C)c4)c3n2)cc1. The summed E-state index contributed by atoms with van der Waals surface area (Å²) in [6.07, 6.45) is 8.93. The van der Waals surface area contributed by atoms with E-state index in [1.807, 2.05) is 43.7 Å². The van der Waals surface area contributed by atoms with Crippen molar-refractivity contribution < 1.29 is 4.21 Å². The molecule has 4 heterocycles. The number of aryl methyl sites for hydroxylation is 1. The van der Waals surface area contributed by atoms with Crippen molar-refractivity contribution in [1.29, 1.82) is 0 Å². The van der Waals surface area contributed by atoms with Gasteiger partial charge in [0.05, 0.1) is 41.1 Å². The number of fused-ring (bicyclic) bond motifs is 1. The average molecular weight is 506 g/mol. The maximum absolute atomic E-state index is 11.8. The van der Waals surface area contributed by atoms with E-state index in [1.165, 1.54) is 5.56 Å². The van der Waals surface area contributed by atoms with Crippen LogP contribution in [-0.4, -0.2) is 88.4 Å². The minimum atomic E-state index is -1.48. The number of hydrogen-bond donors (Lipinski definition) is 1. The van der Waals surface area contributed by atoms with Crippen LogP contribution in [0.4, 0.5) is 5.69 Å². The summed E-state index contributed by atoms with van der Waals surface area (Å²) in [7, 11) is 20.4. The van der Waals surface area contributed by atoms with Crippen LogP contribution in [0.3, 0.4) is 0 Å². The van der Waals surface area contributed by atoms with E-state index in [-0.39, 0.29) is 0 Å². The van der Waals surface area contributed by atoms with Gasteiger partial charge in [-0.3, -0.25) is 13.5 Å². The Hall–Kier alpha value is -2.78. The molecule has 1 saturated heterocycles. The number of rotatable bonds is 8. The number of anilines is 1. The van der Waals surface area contributed by atoms with Gasteiger partial charge in [0.1, 0.15) is 5.65 Å². The predicted molar refractivity (Wildman–Crippen MR) is 154 cm³/mol. The van der Waals surface area contributed by atoms with E-state index < -0.39 is 16.0 Å². The van der Waals surface area contributed by atoms with E-state index in [4.69, 9.17) is 28.5 Å². The third kappa shape index (κ3) is 6.04. The van der Waals surface area contributed by atoms with Crippen LogP contribution >= 0.6 is 0 Å². The number of hydrogen-bond acceptors (Lipinski definition) is 5. The molecule has 37 heavy (non-hydrogen) atoms. The normalized spacial score (nSPS) is 18.5. The molecule has 0 aliphatic carbocycles. The van der Waals surface area contributed by atoms with Gasteiger partial charge in [0.25, 0.3) is 0 Å². The van der Waals surface area contributed by atoms with Crippen molar-refractivity contribution in [1.82, 2.24) is 24.2 Å². The number of pyridine rings is 1. The van der Waals surface area contributed by atoms with Crippen molar-refractivity contribution in [2.75, 3.05) is 30.4 Å². The summed E-state index contributed by atoms with van der Waals surface area (Å²) in [6.45, 7) is 0.935. The van der Waals surface area contributed by atoms with Crippen LogP contribution in [0.2, 0.25) is 0 Å². The lowest BCUT2D eigenvalue weighted by molar-refractivity contribution is 0.231. The number of nitrogens with zero attached hydrogens (tertiary/aromatic N) is 5. The molecule has 0 unspecified atom stereocenters. The highest BCUT2D eigenvalue weighted by atomic mass is 32.2. The summed E-state index contributed by atoms with van der Waals surface area (Å²) >= 11 is 0. The Morgan fingerprint density at radius 1 is 1.11 bits per heavy atom. The van der Waals surface area contributed by atoms with E-state index in [0.717, 1.165) is 71.0 Å². The molecule has 1 aromatic carbocycles. The van der Waals surface area contributed by atoms with Gasteiger partial charge in [-0.25, -0.2) is 4.98 Å². The smallest absolute Gasteiger partial charge is 0.145 e. The standard InChI is InChI=1S/C26H29B3N6OS/c1-33(21-10-13-37(36)14-11-21)12-9-19-16-35(22-15-30-34(2)17-22)25-23(19)7-8-24(31-25)18-3-5-20(6-4-18)32-26(27,28)29/h3-8,15-17,21,32H,9-14H2,1-2H3. The molecule has 0 spiro atoms. The van der Waals surface area contributed by atoms with Crippen LogP contribution in [-0.2, 0) is 24.3 Å². The van der Waals surface area contributed by atoms with Gasteiger partial charge in [-0.1, -0.05) is 17.4 Å². The second kappa shape index (κ2) is 10.5. The molecule has 4 aromatic rings. The Morgan fingerprint density at radius 3 is 2.49 bits per heavy atom. The fourth-order valence-corrected chi connectivity index (χ4v) is 6.21. The number of likely N-dealkylation sites (N-methyl/N-ethyl adjacent to an activating group) is 1. The second-order valence-electron chi connectivity index (χ2n) is 9.91. The maximum Gasteiger partial charge on any atom is 0.145 e. The molecular weight excluding hydrogens is 477 g/mol. The van der Waals surface area contributed by atoms with Gasteiger partial charge in [0.15, 0.2) is 0 Å². The summed E-state index contributed by atoms with van der Waals surface area (Å²) in [4.78, 5) is 7.48. The zero-order chi connectivity index (χ0) is 26.2. The van der Waals surface area contributed by atoms with Crippen molar-refractivity contribution in [2.45, 2.75) is 30.5 Å². The molecule has 1 aliphatic heterocycles. The highest BCUT2D eigenvalue weighted by Gasteiger charge is 2.22. The second-order valence-corrected chi connectivity index (χ2v) is 11.6. The number of benzene rings is 1. The molecule has 6 radical (unpaired) electrons. The van der Waals surface area contributed by atoms with Crippen molar-refractivity contribution in [3.63, 3.8) is 0 Å². The number of aromatic nitrogens is 4. The topological polar surface area (TPSA) is 68.0 Å². The quantitative estimate of drug-likeness (QED) is 0.372. The largest absolute Gasteiger partial charge is 0.405 e. The van der Waals surface area contributed by atoms with Crippen LogP contribution in [0.1, 0.15) is 18.4 Å². The Morgan fingerprint density at radius 2 is 1.84 bits per heavy atom. The Kier molecular flexibility index (Phi) is 7.36. The average Bonchev–Trinajstić information content (AvgIpc) is 3.45. The molecule has 5 rings (SSSR count). The van der Waals surface area contributed by atoms with Gasteiger partial charge >= 0.3 is 0 Å². The summed E-state index contributed by atoms with van der Waals surface area (Å²) in [5.41, 5.74) is 5.67. The first-order chi connectivity index (χ1) is 17.7. The fraction of sp³-hybridized carbons (Fsp3) is 0.385. The van der Waals surface area contributed by atoms with Crippen LogP contribution in [0.5, 0.6) is 0 Å². The zero-order valence-corrected chi connectivity index (χ0v) is 22.1. The van der Waals surface area contributed by atoms with Crippen molar-refractivity contribution in [3.8, 4) is 16.9 Å². The van der Waals surface area contributed by atoms with Crippen LogP contribution in [0.25, 0.3) is 28.0 Å². The lowest BCUT2D eigenvalue weighted by Gasteiger charge is -2.30. The summed E-state index contributed by atoms with van der Waals surface area (Å²) in [5.74, 6) is 1.62. The van der Waals surface area contributed by atoms with Gasteiger partial charge in [0, 0.05) is 71.0 Å². The molecular formula is C26H29B3N6OS. The lowest BCUT2D eigenvalue weighted by atomic mass is 9.49. The molecule has 7 nitrogen and oxygen atoms in total. The third-order valence-corrected chi connectivity index (χ3v) is 8.34. The van der Waals surface area contributed by atoms with Gasteiger partial charge in [0.2, 0.25) is 0 Å². The van der Waals surface area contributed by atoms with Crippen molar-refractivity contribution in [3.05, 3.63) is 60.6 Å². The third-order valence-electron chi connectivity index (χ3n) is 6.96. The summed E-state index contributed by atoms with van der Waals surface area (Å²) < 4.78 is 15.7. The molecule has 0 atom stereocenters. The highest BCUT2D eigenvalue weighted by molar-refractivity contribution is 7.85. The Balaban J connectivity index is 1.43. The monoisotopic (exact) mass is 506 g/mol. The first-order valence-corrected chi connectivity index (χ1v) is 14.0. The van der Waals surface area contributed by atoms with Gasteiger partial charge < -0.3 is 10.2 Å². The first-order valence-electron chi connectivity index (χ1n) is 12.5. The lowest BCUT2D eigenvalue weighted by Crippen LogP contribution is -2.39. The minimum Gasteiger partial charge on any atom is -0.405 e. The molecule has 0 bridgehead atoms. The number of nitrogens with one attached hydrogen (secondary N) is 1. The summed E-state index contributed by atoms with van der Waals surface area (Å²) in [6, 6.07) is 12.4. The van der Waals surface area contributed by atoms with Crippen molar-refractivity contribution >= 4 is 51.1 Å². The van der Waals surface area contributed by atoms with E-state index >= 15 is 0 Å². The molecule has 0 amide bonds. The van der Waals surface area contributed by atoms with Crippen LogP contribution in [0.15, 0.2) is 55.0 Å². The van der Waals surface area contributed by atoms with E-state index in [2.05, 4.69) is 45.3 Å². The molecule has 1 fully saturated rings. The highest BCUT2D eigenvalue weighted by Crippen LogP contribution is 2.29. The van der Waals surface area contributed by atoms with Crippen LogP contribution in [0, 0.1) is 0 Å². The predicted octanol–water partition coefficient (Wildman–Crippen LogP) is 2.34. The Bertz CT molecular complexity index is 1400. The first kappa shape index (κ1) is 25.9. The van der Waals surface area contributed by atoms with E-state index in [0.29, 0.717) is 6.04 Å². The fourth-order valence-electron chi connectivity index (χ4n) is 4.93. The minimum absolute atomic E-state index is 0.495. The molecule has 3 aromatic heterocycles. The molecule has 1 N–H and O–H groups in total. The molecule has 1 aliphatic rings. The van der Waals surface area contributed by atoms with Gasteiger partial charge in [-0.05, 0) is 56.1 Å². The molecule has 11 heteroatoms.